The smallest absolute Gasteiger partial charge is 0.475 e. The van der Waals surface area contributed by atoms with Crippen molar-refractivity contribution in [1.82, 2.24) is 35.5 Å². The molecule has 0 spiro atoms. The molecule has 2 aromatic carbocycles. The van der Waals surface area contributed by atoms with E-state index >= 15 is 0 Å². The number of aromatic nitrogens is 6. The second-order valence-electron chi connectivity index (χ2n) is 10.1. The van der Waals surface area contributed by atoms with Crippen molar-refractivity contribution in [3.8, 4) is 16.9 Å². The Morgan fingerprint density at radius 1 is 1.16 bits per heavy atom. The van der Waals surface area contributed by atoms with Gasteiger partial charge in [0.05, 0.1) is 42.2 Å². The lowest BCUT2D eigenvalue weighted by Gasteiger charge is -2.18. The first-order valence-electron chi connectivity index (χ1n) is 14.0. The molecular weight excluding hydrogens is 699 g/mol. The van der Waals surface area contributed by atoms with Crippen LogP contribution in [0.25, 0.3) is 23.0 Å². The number of methoxy groups -OCH3 is 1. The first kappa shape index (κ1) is 36.3. The lowest BCUT2D eigenvalue weighted by atomic mass is 10.1. The van der Waals surface area contributed by atoms with E-state index in [1.54, 1.807) is 42.6 Å². The topological polar surface area (TPSA) is 223 Å². The zero-order valence-corrected chi connectivity index (χ0v) is 26.8. The molecule has 3 heterocycles. The number of alkyl halides is 3. The van der Waals surface area contributed by atoms with Crippen LogP contribution in [-0.2, 0) is 24.3 Å². The average molecular weight is 726 g/mol. The third kappa shape index (κ3) is 10.2. The summed E-state index contributed by atoms with van der Waals surface area (Å²) < 4.78 is 66.2. The Bertz CT molecular complexity index is 1950. The van der Waals surface area contributed by atoms with Crippen molar-refractivity contribution in [2.75, 3.05) is 22.9 Å². The second kappa shape index (κ2) is 15.6. The number of tetrazole rings is 1. The number of sulfonamides is 1. The number of nitrogens with one attached hydrogen (secondary N) is 4. The molecule has 5 N–H and O–H groups in total. The highest BCUT2D eigenvalue weighted by atomic mass is 35.5. The minimum atomic E-state index is -5.08. The van der Waals surface area contributed by atoms with Gasteiger partial charge in [-0.25, -0.2) is 23.0 Å². The Labute approximate surface area is 280 Å². The molecule has 0 saturated heterocycles. The number of carboxylic acids is 1. The Morgan fingerprint density at radius 3 is 2.59 bits per heavy atom. The quantitative estimate of drug-likeness (QED) is 0.182. The van der Waals surface area contributed by atoms with Crippen molar-refractivity contribution < 1.29 is 45.8 Å². The van der Waals surface area contributed by atoms with Gasteiger partial charge in [0.1, 0.15) is 12.2 Å². The van der Waals surface area contributed by atoms with E-state index in [-0.39, 0.29) is 17.3 Å². The summed E-state index contributed by atoms with van der Waals surface area (Å²) in [6.07, 6.45) is 1.50. The Hall–Kier alpha value is -5.50. The summed E-state index contributed by atoms with van der Waals surface area (Å²) in [5.41, 5.74) is 2.88. The summed E-state index contributed by atoms with van der Waals surface area (Å²) in [6.45, 7) is 0. The summed E-state index contributed by atoms with van der Waals surface area (Å²) in [5.74, 6) is -2.77. The fourth-order valence-corrected chi connectivity index (χ4v) is 5.79. The molecule has 49 heavy (non-hydrogen) atoms. The predicted octanol–water partition coefficient (Wildman–Crippen LogP) is 4.31. The standard InChI is InChI=1S/C26H26ClN9O5S.C2HF3O2/c1-41-26(38)30-18-7-8-19-21(13-18)33-42(39,40)11-3-2-4-20(25-28-14-22(19)32-25)31-24(37)10-5-16-12-17(27)6-9-23(16)36-15-29-34-35-36;3-2(4,5)1(6)7/h5-10,12-15,20,33H,2-4,11H2,1H3,(H,28,32)(H,30,38)(H,31,37);(H,6,7)/b10-5+;/t20-;/m0./s1. The van der Waals surface area contributed by atoms with E-state index in [0.29, 0.717) is 58.3 Å². The highest BCUT2D eigenvalue weighted by Crippen LogP contribution is 2.32. The molecule has 16 nitrogen and oxygen atoms in total. The van der Waals surface area contributed by atoms with Gasteiger partial charge >= 0.3 is 18.2 Å². The number of nitrogens with zero attached hydrogens (tertiary/aromatic N) is 5. The van der Waals surface area contributed by atoms with Crippen LogP contribution >= 0.6 is 11.6 Å². The average Bonchev–Trinajstić information content (AvgIpc) is 3.74. The van der Waals surface area contributed by atoms with Crippen molar-refractivity contribution in [3.05, 3.63) is 71.4 Å². The molecule has 0 radical (unpaired) electrons. The molecule has 0 fully saturated rings. The number of carbonyl (C=O) groups is 3. The van der Waals surface area contributed by atoms with Crippen LogP contribution in [0.4, 0.5) is 29.3 Å². The summed E-state index contributed by atoms with van der Waals surface area (Å²) in [4.78, 5) is 41.3. The van der Waals surface area contributed by atoms with Gasteiger partial charge < -0.3 is 20.1 Å². The van der Waals surface area contributed by atoms with Crippen LogP contribution in [0.3, 0.4) is 0 Å². The van der Waals surface area contributed by atoms with Crippen molar-refractivity contribution in [1.29, 1.82) is 0 Å². The largest absolute Gasteiger partial charge is 0.490 e. The van der Waals surface area contributed by atoms with Gasteiger partial charge in [0.15, 0.2) is 0 Å². The molecule has 2 amide bonds. The summed E-state index contributed by atoms with van der Waals surface area (Å²) in [7, 11) is -2.48. The number of carbonyl (C=O) groups excluding carboxylic acids is 2. The van der Waals surface area contributed by atoms with E-state index < -0.39 is 34.3 Å². The maximum atomic E-state index is 13.0. The van der Waals surface area contributed by atoms with Crippen LogP contribution in [-0.4, -0.2) is 80.7 Å². The number of ether oxygens (including phenoxy) is 1. The van der Waals surface area contributed by atoms with Crippen molar-refractivity contribution in [3.63, 3.8) is 0 Å². The summed E-state index contributed by atoms with van der Waals surface area (Å²) in [5, 5.41) is 24.3. The van der Waals surface area contributed by atoms with Gasteiger partial charge in [0.2, 0.25) is 15.9 Å². The van der Waals surface area contributed by atoms with E-state index in [1.165, 1.54) is 30.3 Å². The number of halogens is 4. The zero-order chi connectivity index (χ0) is 35.8. The van der Waals surface area contributed by atoms with Crippen LogP contribution in [0.5, 0.6) is 0 Å². The maximum absolute atomic E-state index is 13.0. The van der Waals surface area contributed by atoms with E-state index in [0.717, 1.165) is 0 Å². The van der Waals surface area contributed by atoms with E-state index in [1.807, 2.05) is 0 Å². The first-order valence-corrected chi connectivity index (χ1v) is 16.0. The number of H-pyrrole nitrogens is 1. The molecule has 0 unspecified atom stereocenters. The van der Waals surface area contributed by atoms with Crippen molar-refractivity contribution >= 4 is 57.0 Å². The van der Waals surface area contributed by atoms with Crippen LogP contribution < -0.4 is 15.4 Å². The van der Waals surface area contributed by atoms with E-state index in [9.17, 15) is 31.2 Å². The van der Waals surface area contributed by atoms with Gasteiger partial charge in [0, 0.05) is 27.9 Å². The number of hydrogen-bond acceptors (Lipinski definition) is 10. The molecule has 4 aromatic rings. The third-order valence-corrected chi connectivity index (χ3v) is 8.24. The number of benzene rings is 2. The lowest BCUT2D eigenvalue weighted by molar-refractivity contribution is -0.192. The minimum absolute atomic E-state index is 0.130. The van der Waals surface area contributed by atoms with E-state index in [2.05, 4.69) is 45.6 Å². The van der Waals surface area contributed by atoms with Crippen molar-refractivity contribution in [2.45, 2.75) is 31.5 Å². The summed E-state index contributed by atoms with van der Waals surface area (Å²) >= 11 is 6.18. The molecule has 260 valence electrons. The normalized spacial score (nSPS) is 15.7. The molecule has 0 aliphatic carbocycles. The molecule has 1 aliphatic rings. The predicted molar refractivity (Wildman–Crippen MR) is 169 cm³/mol. The number of anilines is 2. The van der Waals surface area contributed by atoms with Gasteiger partial charge in [-0.2, -0.15) is 17.9 Å². The number of hydrogen-bond donors (Lipinski definition) is 5. The molecule has 1 atom stereocenters. The first-order chi connectivity index (χ1) is 23.1. The number of aromatic amines is 1. The van der Waals surface area contributed by atoms with Gasteiger partial charge in [-0.1, -0.05) is 11.6 Å². The number of rotatable bonds is 5. The Kier molecular flexibility index (Phi) is 11.6. The molecule has 2 bridgehead atoms. The number of aliphatic carboxylic acids is 1. The molecule has 2 aromatic heterocycles. The van der Waals surface area contributed by atoms with Gasteiger partial charge in [-0.15, -0.1) is 5.10 Å². The van der Waals surface area contributed by atoms with Crippen molar-refractivity contribution in [2.24, 2.45) is 0 Å². The Balaban J connectivity index is 0.000000698. The molecular formula is C28H27ClF3N9O7S. The number of amides is 2. The third-order valence-electron chi connectivity index (χ3n) is 6.65. The van der Waals surface area contributed by atoms with Crippen LogP contribution in [0, 0.1) is 0 Å². The lowest BCUT2D eigenvalue weighted by Crippen LogP contribution is -2.28. The van der Waals surface area contributed by atoms with Gasteiger partial charge in [-0.05, 0) is 72.2 Å². The highest BCUT2D eigenvalue weighted by Gasteiger charge is 2.38. The van der Waals surface area contributed by atoms with Crippen LogP contribution in [0.15, 0.2) is 55.0 Å². The SMILES string of the molecule is COC(=O)Nc1ccc2c(c1)NS(=O)(=O)CCCC[C@H](NC(=O)/C=C/c1cc(Cl)ccc1-n1cnnn1)c1ncc-2[nH]1.O=C(O)C(F)(F)F. The Morgan fingerprint density at radius 2 is 1.92 bits per heavy atom. The van der Waals surface area contributed by atoms with Crippen LogP contribution in [0.2, 0.25) is 5.02 Å². The van der Waals surface area contributed by atoms with Gasteiger partial charge in [-0.3, -0.25) is 14.8 Å². The maximum Gasteiger partial charge on any atom is 0.490 e. The number of fused-ring (bicyclic) bond motifs is 4. The molecule has 5 rings (SSSR count). The fourth-order valence-electron chi connectivity index (χ4n) is 4.42. The fraction of sp³-hybridized carbons (Fsp3) is 0.250. The number of imidazole rings is 1. The molecule has 21 heteroatoms. The zero-order valence-electron chi connectivity index (χ0n) is 25.2. The second-order valence-corrected chi connectivity index (χ2v) is 12.4. The summed E-state index contributed by atoms with van der Waals surface area (Å²) in [6, 6.07) is 9.36. The highest BCUT2D eigenvalue weighted by molar-refractivity contribution is 7.92. The van der Waals surface area contributed by atoms with Crippen LogP contribution in [0.1, 0.15) is 36.7 Å². The molecule has 0 saturated carbocycles. The molecule has 1 aliphatic heterocycles. The minimum Gasteiger partial charge on any atom is -0.475 e. The van der Waals surface area contributed by atoms with Gasteiger partial charge in [0.25, 0.3) is 0 Å². The monoisotopic (exact) mass is 725 g/mol. The number of carboxylic acid groups (broad SMARTS) is 1. The van der Waals surface area contributed by atoms with E-state index in [4.69, 9.17) is 21.5 Å².